The molecule has 1 atom stereocenters. The Kier molecular flexibility index (Phi) is 5.02. The van der Waals surface area contributed by atoms with Gasteiger partial charge in [0.2, 0.25) is 5.91 Å². The van der Waals surface area contributed by atoms with Gasteiger partial charge in [0.1, 0.15) is 0 Å². The van der Waals surface area contributed by atoms with Crippen LogP contribution < -0.4 is 5.76 Å². The number of piperidine rings is 1. The van der Waals surface area contributed by atoms with Crippen molar-refractivity contribution in [3.8, 4) is 0 Å². The molecule has 0 aliphatic carbocycles. The molecule has 1 saturated heterocycles. The van der Waals surface area contributed by atoms with Crippen LogP contribution in [0.4, 0.5) is 0 Å². The van der Waals surface area contributed by atoms with Crippen LogP contribution in [-0.4, -0.2) is 28.5 Å². The lowest BCUT2D eigenvalue weighted by Crippen LogP contribution is -2.42. The van der Waals surface area contributed by atoms with Crippen LogP contribution in [0, 0.1) is 6.92 Å². The third kappa shape index (κ3) is 3.47. The van der Waals surface area contributed by atoms with Crippen molar-refractivity contribution in [2.45, 2.75) is 38.6 Å². The molecule has 1 aliphatic rings. The molecule has 1 fully saturated rings. The Labute approximate surface area is 168 Å². The molecule has 1 amide bonds. The van der Waals surface area contributed by atoms with Crippen molar-refractivity contribution in [1.29, 1.82) is 0 Å². The Bertz CT molecular complexity index is 1060. The first-order valence-corrected chi connectivity index (χ1v) is 9.98. The molecule has 2 heterocycles. The smallest absolute Gasteiger partial charge is 0.408 e. The number of rotatable bonds is 3. The number of likely N-dealkylation sites (tertiary alicyclic amines) is 1. The fraction of sp³-hybridized carbons (Fsp3) is 0.364. The molecular weight excluding hydrogens is 376 g/mol. The zero-order valence-electron chi connectivity index (χ0n) is 16.0. The third-order valence-electron chi connectivity index (χ3n) is 5.66. The Morgan fingerprint density at radius 2 is 1.82 bits per heavy atom. The minimum absolute atomic E-state index is 0.00551. The molecular formula is C22H23ClN2O3. The van der Waals surface area contributed by atoms with Crippen LogP contribution in [0.2, 0.25) is 5.02 Å². The van der Waals surface area contributed by atoms with Gasteiger partial charge in [-0.1, -0.05) is 41.4 Å². The van der Waals surface area contributed by atoms with E-state index in [9.17, 15) is 9.59 Å². The molecule has 1 aromatic heterocycles. The van der Waals surface area contributed by atoms with Crippen molar-refractivity contribution in [1.82, 2.24) is 9.47 Å². The molecule has 6 heteroatoms. The van der Waals surface area contributed by atoms with Crippen molar-refractivity contribution in [2.24, 2.45) is 0 Å². The molecule has 1 aliphatic heterocycles. The van der Waals surface area contributed by atoms with Gasteiger partial charge in [-0.2, -0.15) is 0 Å². The predicted molar refractivity (Wildman–Crippen MR) is 110 cm³/mol. The second kappa shape index (κ2) is 7.47. The topological polar surface area (TPSA) is 55.5 Å². The van der Waals surface area contributed by atoms with Crippen LogP contribution in [0.3, 0.4) is 0 Å². The molecule has 0 bridgehead atoms. The molecule has 2 aromatic carbocycles. The van der Waals surface area contributed by atoms with E-state index in [2.05, 4.69) is 0 Å². The Balaban J connectivity index is 1.48. The van der Waals surface area contributed by atoms with Crippen LogP contribution in [0.5, 0.6) is 0 Å². The van der Waals surface area contributed by atoms with Crippen LogP contribution in [0.25, 0.3) is 11.1 Å². The number of carbonyl (C=O) groups is 1. The number of oxazole rings is 1. The molecule has 0 radical (unpaired) electrons. The fourth-order valence-corrected chi connectivity index (χ4v) is 4.13. The number of amides is 1. The Hall–Kier alpha value is -2.53. The van der Waals surface area contributed by atoms with E-state index in [1.807, 2.05) is 43.0 Å². The number of benzene rings is 2. The molecule has 4 rings (SSSR count). The summed E-state index contributed by atoms with van der Waals surface area (Å²) in [5.41, 5.74) is 3.47. The Morgan fingerprint density at radius 3 is 2.50 bits per heavy atom. The molecule has 0 saturated carbocycles. The number of halogens is 1. The molecule has 3 aromatic rings. The second-order valence-corrected chi connectivity index (χ2v) is 7.98. The summed E-state index contributed by atoms with van der Waals surface area (Å²) in [7, 11) is 0. The molecule has 0 spiro atoms. The van der Waals surface area contributed by atoms with Gasteiger partial charge in [0.05, 0.1) is 11.4 Å². The average Bonchev–Trinajstić information content (AvgIpc) is 3.02. The summed E-state index contributed by atoms with van der Waals surface area (Å²) in [6.07, 6.45) is 1.43. The second-order valence-electron chi connectivity index (χ2n) is 7.54. The predicted octanol–water partition coefficient (Wildman–Crippen LogP) is 4.52. The molecule has 0 N–H and O–H groups in total. The van der Waals surface area contributed by atoms with Gasteiger partial charge in [0.25, 0.3) is 0 Å². The highest BCUT2D eigenvalue weighted by Crippen LogP contribution is 2.29. The average molecular weight is 399 g/mol. The zero-order valence-corrected chi connectivity index (χ0v) is 16.8. The first kappa shape index (κ1) is 18.8. The van der Waals surface area contributed by atoms with Gasteiger partial charge in [0, 0.05) is 24.2 Å². The lowest BCUT2D eigenvalue weighted by atomic mass is 9.96. The summed E-state index contributed by atoms with van der Waals surface area (Å²) in [4.78, 5) is 27.2. The number of aryl methyl sites for hydroxylation is 1. The van der Waals surface area contributed by atoms with E-state index in [0.29, 0.717) is 36.5 Å². The van der Waals surface area contributed by atoms with Crippen LogP contribution >= 0.6 is 11.6 Å². The lowest BCUT2D eigenvalue weighted by Gasteiger charge is -2.34. The molecule has 146 valence electrons. The van der Waals surface area contributed by atoms with Crippen LogP contribution in [0.15, 0.2) is 51.7 Å². The van der Waals surface area contributed by atoms with Gasteiger partial charge < -0.3 is 9.32 Å². The molecule has 5 nitrogen and oxygen atoms in total. The van der Waals surface area contributed by atoms with Crippen molar-refractivity contribution in [3.63, 3.8) is 0 Å². The standard InChI is InChI=1S/C22H23ClN2O3/c1-14-3-5-16(6-4-14)15(2)21(26)24-11-9-18(10-12-24)25-19-13-17(23)7-8-20(19)28-22(25)27/h3-8,13,15,18H,9-12H2,1-2H3. The maximum Gasteiger partial charge on any atom is 0.420 e. The van der Waals surface area contributed by atoms with E-state index in [1.165, 1.54) is 5.56 Å². The van der Waals surface area contributed by atoms with E-state index >= 15 is 0 Å². The van der Waals surface area contributed by atoms with Crippen molar-refractivity contribution in [2.75, 3.05) is 13.1 Å². The molecule has 28 heavy (non-hydrogen) atoms. The molecule has 1 unspecified atom stereocenters. The van der Waals surface area contributed by atoms with Gasteiger partial charge in [-0.3, -0.25) is 9.36 Å². The highest BCUT2D eigenvalue weighted by molar-refractivity contribution is 6.31. The highest BCUT2D eigenvalue weighted by Gasteiger charge is 2.29. The van der Waals surface area contributed by atoms with E-state index in [1.54, 1.807) is 22.8 Å². The normalized spacial score (nSPS) is 16.5. The van der Waals surface area contributed by atoms with Gasteiger partial charge >= 0.3 is 5.76 Å². The first-order valence-electron chi connectivity index (χ1n) is 9.60. The van der Waals surface area contributed by atoms with Gasteiger partial charge in [-0.25, -0.2) is 4.79 Å². The summed E-state index contributed by atoms with van der Waals surface area (Å²) < 4.78 is 7.04. The van der Waals surface area contributed by atoms with Gasteiger partial charge in [-0.05, 0) is 50.5 Å². The summed E-state index contributed by atoms with van der Waals surface area (Å²) in [6.45, 7) is 5.24. The van der Waals surface area contributed by atoms with E-state index < -0.39 is 0 Å². The van der Waals surface area contributed by atoms with Crippen LogP contribution in [-0.2, 0) is 4.79 Å². The summed E-state index contributed by atoms with van der Waals surface area (Å²) in [5, 5.41) is 0.571. The zero-order chi connectivity index (χ0) is 19.8. The van der Waals surface area contributed by atoms with E-state index in [-0.39, 0.29) is 23.6 Å². The number of aromatic nitrogens is 1. The number of fused-ring (bicyclic) bond motifs is 1. The van der Waals surface area contributed by atoms with E-state index in [4.69, 9.17) is 16.0 Å². The summed E-state index contributed by atoms with van der Waals surface area (Å²) in [5.74, 6) is -0.404. The summed E-state index contributed by atoms with van der Waals surface area (Å²) >= 11 is 6.10. The monoisotopic (exact) mass is 398 g/mol. The van der Waals surface area contributed by atoms with Crippen molar-refractivity contribution in [3.05, 3.63) is 69.2 Å². The van der Waals surface area contributed by atoms with E-state index in [0.717, 1.165) is 11.1 Å². The lowest BCUT2D eigenvalue weighted by molar-refractivity contribution is -0.133. The third-order valence-corrected chi connectivity index (χ3v) is 5.90. The maximum atomic E-state index is 12.9. The van der Waals surface area contributed by atoms with Crippen LogP contribution in [0.1, 0.15) is 42.9 Å². The van der Waals surface area contributed by atoms with Gasteiger partial charge in [0.15, 0.2) is 5.58 Å². The maximum absolute atomic E-state index is 12.9. The number of nitrogens with zero attached hydrogens (tertiary/aromatic N) is 2. The largest absolute Gasteiger partial charge is 0.420 e. The highest BCUT2D eigenvalue weighted by atomic mass is 35.5. The quantitative estimate of drug-likeness (QED) is 0.651. The number of carbonyl (C=O) groups excluding carboxylic acids is 1. The summed E-state index contributed by atoms with van der Waals surface area (Å²) in [6, 6.07) is 13.3. The minimum Gasteiger partial charge on any atom is -0.408 e. The van der Waals surface area contributed by atoms with Crippen molar-refractivity contribution >= 4 is 28.6 Å². The van der Waals surface area contributed by atoms with Gasteiger partial charge in [-0.15, -0.1) is 0 Å². The first-order chi connectivity index (χ1) is 13.4. The number of hydrogen-bond acceptors (Lipinski definition) is 3. The SMILES string of the molecule is Cc1ccc(C(C)C(=O)N2CCC(n3c(=O)oc4ccc(Cl)cc43)CC2)cc1. The minimum atomic E-state index is -0.366. The number of hydrogen-bond donors (Lipinski definition) is 0. The Morgan fingerprint density at radius 1 is 1.14 bits per heavy atom. The fourth-order valence-electron chi connectivity index (χ4n) is 3.97. The van der Waals surface area contributed by atoms with Crippen molar-refractivity contribution < 1.29 is 9.21 Å².